The molecule has 1 aliphatic carbocycles. The van der Waals surface area contributed by atoms with Crippen LogP contribution in [0.2, 0.25) is 0 Å². The van der Waals surface area contributed by atoms with Gasteiger partial charge in [-0.25, -0.2) is 9.37 Å². The van der Waals surface area contributed by atoms with Gasteiger partial charge in [-0.15, -0.1) is 0 Å². The van der Waals surface area contributed by atoms with Crippen LogP contribution in [0.4, 0.5) is 10.2 Å². The van der Waals surface area contributed by atoms with Crippen LogP contribution < -0.4 is 10.2 Å². The first-order valence-corrected chi connectivity index (χ1v) is 7.16. The Morgan fingerprint density at radius 3 is 2.79 bits per heavy atom. The molecule has 0 amide bonds. The fraction of sp³-hybridized carbons (Fsp3) is 0.667. The minimum atomic E-state index is -0.173. The summed E-state index contributed by atoms with van der Waals surface area (Å²) in [6.07, 6.45) is 5.24. The molecular weight excluding hydrogens is 241 g/mol. The van der Waals surface area contributed by atoms with Crippen molar-refractivity contribution >= 4 is 5.82 Å². The van der Waals surface area contributed by atoms with Gasteiger partial charge in [-0.1, -0.05) is 13.8 Å². The van der Waals surface area contributed by atoms with Crippen LogP contribution in [0, 0.1) is 11.7 Å². The maximum Gasteiger partial charge on any atom is 0.170 e. The van der Waals surface area contributed by atoms with E-state index < -0.39 is 0 Å². The highest BCUT2D eigenvalue weighted by Crippen LogP contribution is 2.29. The smallest absolute Gasteiger partial charge is 0.170 e. The van der Waals surface area contributed by atoms with Gasteiger partial charge in [-0.3, -0.25) is 0 Å². The Balaban J connectivity index is 2.04. The van der Waals surface area contributed by atoms with E-state index in [1.165, 1.54) is 6.42 Å². The largest absolute Gasteiger partial charge is 0.354 e. The Labute approximate surface area is 115 Å². The van der Waals surface area contributed by atoms with Gasteiger partial charge in [-0.2, -0.15) is 0 Å². The molecule has 1 N–H and O–H groups in total. The van der Waals surface area contributed by atoms with E-state index in [2.05, 4.69) is 24.1 Å². The normalized spacial score (nSPS) is 15.6. The van der Waals surface area contributed by atoms with E-state index in [1.807, 2.05) is 11.9 Å². The number of rotatable bonds is 6. The number of anilines is 1. The van der Waals surface area contributed by atoms with E-state index in [4.69, 9.17) is 0 Å². The fourth-order valence-electron chi connectivity index (χ4n) is 2.30. The maximum absolute atomic E-state index is 14.4. The summed E-state index contributed by atoms with van der Waals surface area (Å²) < 4.78 is 14.4. The zero-order chi connectivity index (χ0) is 13.8. The zero-order valence-electron chi connectivity index (χ0n) is 12.1. The quantitative estimate of drug-likeness (QED) is 0.857. The van der Waals surface area contributed by atoms with E-state index in [0.29, 0.717) is 29.9 Å². The molecule has 0 aliphatic heterocycles. The van der Waals surface area contributed by atoms with E-state index in [9.17, 15) is 4.39 Å². The number of hydrogen-bond acceptors (Lipinski definition) is 3. The fourth-order valence-corrected chi connectivity index (χ4v) is 2.30. The highest BCUT2D eigenvalue weighted by atomic mass is 19.1. The average Bonchev–Trinajstić information content (AvgIpc) is 2.28. The molecule has 106 valence electrons. The van der Waals surface area contributed by atoms with Crippen molar-refractivity contribution in [3.63, 3.8) is 0 Å². The highest BCUT2D eigenvalue weighted by Gasteiger charge is 2.25. The summed E-state index contributed by atoms with van der Waals surface area (Å²) in [6.45, 7) is 5.75. The lowest BCUT2D eigenvalue weighted by Gasteiger charge is -2.35. The summed E-state index contributed by atoms with van der Waals surface area (Å²) in [4.78, 5) is 6.20. The molecule has 1 aromatic rings. The van der Waals surface area contributed by atoms with Crippen LogP contribution in [-0.2, 0) is 6.54 Å². The van der Waals surface area contributed by atoms with Crippen molar-refractivity contribution < 1.29 is 4.39 Å². The minimum absolute atomic E-state index is 0.173. The first-order valence-electron chi connectivity index (χ1n) is 7.16. The van der Waals surface area contributed by atoms with E-state index in [-0.39, 0.29) is 5.82 Å². The molecule has 0 bridgehead atoms. The molecule has 0 saturated heterocycles. The topological polar surface area (TPSA) is 28.2 Å². The Bertz CT molecular complexity index is 416. The van der Waals surface area contributed by atoms with Gasteiger partial charge in [0, 0.05) is 31.4 Å². The summed E-state index contributed by atoms with van der Waals surface area (Å²) in [5, 5.41) is 3.28. The second-order valence-electron chi connectivity index (χ2n) is 5.83. The van der Waals surface area contributed by atoms with Crippen molar-refractivity contribution in [2.75, 3.05) is 18.5 Å². The summed E-state index contributed by atoms with van der Waals surface area (Å²) in [5.41, 5.74) is 0.705. The lowest BCUT2D eigenvalue weighted by molar-refractivity contribution is 0.394. The minimum Gasteiger partial charge on any atom is -0.354 e. The van der Waals surface area contributed by atoms with Crippen LogP contribution in [0.25, 0.3) is 0 Å². The lowest BCUT2D eigenvalue weighted by atomic mass is 9.92. The second kappa shape index (κ2) is 6.33. The van der Waals surface area contributed by atoms with Crippen molar-refractivity contribution in [1.29, 1.82) is 0 Å². The molecular formula is C15H24FN3. The third kappa shape index (κ3) is 3.44. The molecule has 1 saturated carbocycles. The van der Waals surface area contributed by atoms with Crippen LogP contribution in [0.15, 0.2) is 12.3 Å². The molecule has 4 heteroatoms. The van der Waals surface area contributed by atoms with Crippen molar-refractivity contribution in [1.82, 2.24) is 10.3 Å². The van der Waals surface area contributed by atoms with Gasteiger partial charge in [0.1, 0.15) is 0 Å². The van der Waals surface area contributed by atoms with Crippen LogP contribution >= 0.6 is 0 Å². The van der Waals surface area contributed by atoms with Crippen molar-refractivity contribution in [3.8, 4) is 0 Å². The summed E-state index contributed by atoms with van der Waals surface area (Å²) in [7, 11) is 1.95. The lowest BCUT2D eigenvalue weighted by Crippen LogP contribution is -2.38. The molecule has 2 rings (SSSR count). The number of pyridine rings is 1. The van der Waals surface area contributed by atoms with Crippen LogP contribution in [-0.4, -0.2) is 24.6 Å². The molecule has 0 spiro atoms. The molecule has 1 aliphatic rings. The number of nitrogens with zero attached hydrogens (tertiary/aromatic N) is 2. The molecule has 0 unspecified atom stereocenters. The molecule has 1 fully saturated rings. The number of nitrogens with one attached hydrogen (secondary N) is 1. The zero-order valence-corrected chi connectivity index (χ0v) is 12.1. The maximum atomic E-state index is 14.4. The standard InChI is InChI=1S/C15H24FN3/c1-11(2)9-17-10-12-7-8-18-15(14(12)16)19(3)13-5-4-6-13/h7-8,11,13,17H,4-6,9-10H2,1-3H3. The van der Waals surface area contributed by atoms with Crippen molar-refractivity contribution in [2.45, 2.75) is 45.7 Å². The number of aromatic nitrogens is 1. The monoisotopic (exact) mass is 265 g/mol. The third-order valence-electron chi connectivity index (χ3n) is 3.78. The Morgan fingerprint density at radius 2 is 2.21 bits per heavy atom. The van der Waals surface area contributed by atoms with E-state index >= 15 is 0 Å². The van der Waals surface area contributed by atoms with Crippen LogP contribution in [0.3, 0.4) is 0 Å². The number of halogens is 1. The van der Waals surface area contributed by atoms with E-state index in [0.717, 1.165) is 19.4 Å². The molecule has 1 aromatic heterocycles. The summed E-state index contributed by atoms with van der Waals surface area (Å²) in [6, 6.07) is 2.22. The predicted octanol–water partition coefficient (Wildman–Crippen LogP) is 2.96. The Morgan fingerprint density at radius 1 is 1.47 bits per heavy atom. The molecule has 1 heterocycles. The summed E-state index contributed by atoms with van der Waals surface area (Å²) >= 11 is 0. The SMILES string of the molecule is CC(C)CNCc1ccnc(N(C)C2CCC2)c1F. The first kappa shape index (κ1) is 14.3. The van der Waals surface area contributed by atoms with Crippen LogP contribution in [0.1, 0.15) is 38.7 Å². The molecule has 0 aromatic carbocycles. The van der Waals surface area contributed by atoms with Gasteiger partial charge in [0.25, 0.3) is 0 Å². The van der Waals surface area contributed by atoms with Crippen molar-refractivity contribution in [3.05, 3.63) is 23.6 Å². The molecule has 19 heavy (non-hydrogen) atoms. The molecule has 0 atom stereocenters. The predicted molar refractivity (Wildman–Crippen MR) is 76.8 cm³/mol. The van der Waals surface area contributed by atoms with Gasteiger partial charge >= 0.3 is 0 Å². The van der Waals surface area contributed by atoms with E-state index in [1.54, 1.807) is 12.3 Å². The highest BCUT2D eigenvalue weighted by molar-refractivity contribution is 5.43. The van der Waals surface area contributed by atoms with Crippen LogP contribution in [0.5, 0.6) is 0 Å². The van der Waals surface area contributed by atoms with Gasteiger partial charge < -0.3 is 10.2 Å². The Kier molecular flexibility index (Phi) is 4.75. The van der Waals surface area contributed by atoms with Gasteiger partial charge in [0.15, 0.2) is 11.6 Å². The van der Waals surface area contributed by atoms with Gasteiger partial charge in [0.05, 0.1) is 0 Å². The molecule has 0 radical (unpaired) electrons. The first-order chi connectivity index (χ1) is 9.09. The van der Waals surface area contributed by atoms with Gasteiger partial charge in [-0.05, 0) is 37.8 Å². The third-order valence-corrected chi connectivity index (χ3v) is 3.78. The Hall–Kier alpha value is -1.16. The van der Waals surface area contributed by atoms with Gasteiger partial charge in [0.2, 0.25) is 0 Å². The average molecular weight is 265 g/mol. The second-order valence-corrected chi connectivity index (χ2v) is 5.83. The molecule has 3 nitrogen and oxygen atoms in total. The number of hydrogen-bond donors (Lipinski definition) is 1. The van der Waals surface area contributed by atoms with Crippen molar-refractivity contribution in [2.24, 2.45) is 5.92 Å². The summed E-state index contributed by atoms with van der Waals surface area (Å²) in [5.74, 6) is 0.892.